The van der Waals surface area contributed by atoms with Gasteiger partial charge in [-0.15, -0.1) is 0 Å². The molecule has 1 atom stereocenters. The van der Waals surface area contributed by atoms with E-state index in [1.54, 1.807) is 19.2 Å². The minimum atomic E-state index is -2.01. The average molecular weight is 361 g/mol. The molecule has 2 aromatic rings. The molecular weight excluding hydrogens is 336 g/mol. The second kappa shape index (κ2) is 6.93. The second-order valence-electron chi connectivity index (χ2n) is 7.62. The Bertz CT molecular complexity index is 811. The van der Waals surface area contributed by atoms with Gasteiger partial charge in [-0.05, 0) is 75.3 Å². The highest BCUT2D eigenvalue weighted by atomic mass is 19.1. The lowest BCUT2D eigenvalue weighted by atomic mass is 9.63. The van der Waals surface area contributed by atoms with Gasteiger partial charge < -0.3 is 4.74 Å². The van der Waals surface area contributed by atoms with E-state index in [0.717, 1.165) is 29.3 Å². The van der Waals surface area contributed by atoms with Crippen LogP contribution >= 0.6 is 0 Å². The third-order valence-corrected chi connectivity index (χ3v) is 6.06. The molecule has 1 saturated carbocycles. The van der Waals surface area contributed by atoms with Crippen molar-refractivity contribution in [2.75, 3.05) is 6.61 Å². The number of nitrogens with zero attached hydrogens (tertiary/aromatic N) is 1. The summed E-state index contributed by atoms with van der Waals surface area (Å²) in [6.45, 7) is 5.01. The molecule has 0 amide bonds. The zero-order valence-corrected chi connectivity index (χ0v) is 15.5. The van der Waals surface area contributed by atoms with Crippen LogP contribution in [0, 0.1) is 11.2 Å². The predicted octanol–water partition coefficient (Wildman–Crippen LogP) is 5.33. The number of carbonyl (C=O) groups is 1. The molecule has 1 aromatic carbocycles. The number of esters is 1. The van der Waals surface area contributed by atoms with Crippen LogP contribution in [0.15, 0.2) is 30.5 Å². The SMILES string of the molecule is CCOC(=O)[C@](C)(F)[C@]1(C)CC[C@H](c2ccnc3ccc(F)cc32)CC1. The molecule has 0 N–H and O–H groups in total. The van der Waals surface area contributed by atoms with Crippen LogP contribution in [0.4, 0.5) is 8.78 Å². The Balaban J connectivity index is 1.83. The first kappa shape index (κ1) is 18.7. The van der Waals surface area contributed by atoms with Crippen LogP contribution in [0.25, 0.3) is 10.9 Å². The number of halogens is 2. The number of benzene rings is 1. The highest BCUT2D eigenvalue weighted by molar-refractivity contribution is 5.82. The van der Waals surface area contributed by atoms with Crippen molar-refractivity contribution in [2.24, 2.45) is 5.41 Å². The summed E-state index contributed by atoms with van der Waals surface area (Å²) in [4.78, 5) is 16.4. The lowest BCUT2D eigenvalue weighted by Crippen LogP contribution is -2.49. The lowest BCUT2D eigenvalue weighted by Gasteiger charge is -2.44. The quantitative estimate of drug-likeness (QED) is 0.691. The fourth-order valence-corrected chi connectivity index (χ4v) is 4.04. The number of hydrogen-bond acceptors (Lipinski definition) is 3. The molecule has 1 aliphatic rings. The first-order valence-electron chi connectivity index (χ1n) is 9.19. The minimum absolute atomic E-state index is 0.172. The van der Waals surface area contributed by atoms with Crippen molar-refractivity contribution in [3.8, 4) is 0 Å². The van der Waals surface area contributed by atoms with Gasteiger partial charge in [0, 0.05) is 17.0 Å². The number of aromatic nitrogens is 1. The van der Waals surface area contributed by atoms with E-state index in [4.69, 9.17) is 4.74 Å². The highest BCUT2D eigenvalue weighted by Gasteiger charge is 2.53. The number of rotatable bonds is 4. The molecule has 3 nitrogen and oxygen atoms in total. The molecule has 3 rings (SSSR count). The van der Waals surface area contributed by atoms with Gasteiger partial charge in [-0.2, -0.15) is 0 Å². The Morgan fingerprint density at radius 3 is 2.69 bits per heavy atom. The smallest absolute Gasteiger partial charge is 0.344 e. The van der Waals surface area contributed by atoms with Gasteiger partial charge in [-0.25, -0.2) is 13.6 Å². The first-order valence-corrected chi connectivity index (χ1v) is 9.19. The maximum absolute atomic E-state index is 15.2. The third kappa shape index (κ3) is 3.19. The van der Waals surface area contributed by atoms with Crippen molar-refractivity contribution in [3.05, 3.63) is 41.8 Å². The van der Waals surface area contributed by atoms with E-state index in [0.29, 0.717) is 12.8 Å². The van der Waals surface area contributed by atoms with Crippen molar-refractivity contribution < 1.29 is 18.3 Å². The molecule has 0 radical (unpaired) electrons. The van der Waals surface area contributed by atoms with Gasteiger partial charge in [0.2, 0.25) is 5.67 Å². The summed E-state index contributed by atoms with van der Waals surface area (Å²) in [5, 5.41) is 0.814. The van der Waals surface area contributed by atoms with E-state index in [1.165, 1.54) is 19.1 Å². The fraction of sp³-hybridized carbons (Fsp3) is 0.524. The van der Waals surface area contributed by atoms with Crippen LogP contribution in [-0.2, 0) is 9.53 Å². The molecule has 0 unspecified atom stereocenters. The van der Waals surface area contributed by atoms with E-state index in [1.807, 2.05) is 13.0 Å². The molecule has 5 heteroatoms. The summed E-state index contributed by atoms with van der Waals surface area (Å²) >= 11 is 0. The van der Waals surface area contributed by atoms with Crippen LogP contribution in [0.3, 0.4) is 0 Å². The van der Waals surface area contributed by atoms with Gasteiger partial charge in [-0.1, -0.05) is 6.92 Å². The molecule has 140 valence electrons. The maximum Gasteiger partial charge on any atom is 0.344 e. The topological polar surface area (TPSA) is 39.2 Å². The summed E-state index contributed by atoms with van der Waals surface area (Å²) in [6, 6.07) is 6.53. The van der Waals surface area contributed by atoms with Gasteiger partial charge in [0.05, 0.1) is 12.1 Å². The number of fused-ring (bicyclic) bond motifs is 1. The number of ether oxygens (including phenoxy) is 1. The zero-order valence-electron chi connectivity index (χ0n) is 15.5. The second-order valence-corrected chi connectivity index (χ2v) is 7.62. The molecule has 0 spiro atoms. The molecule has 0 aliphatic heterocycles. The van der Waals surface area contributed by atoms with E-state index in [-0.39, 0.29) is 18.3 Å². The number of hydrogen-bond donors (Lipinski definition) is 0. The highest BCUT2D eigenvalue weighted by Crippen LogP contribution is 2.51. The molecule has 1 aliphatic carbocycles. The Hall–Kier alpha value is -2.04. The van der Waals surface area contributed by atoms with Crippen LogP contribution in [-0.4, -0.2) is 23.2 Å². The van der Waals surface area contributed by atoms with Crippen molar-refractivity contribution in [1.82, 2.24) is 4.98 Å². The molecular formula is C21H25F2NO2. The van der Waals surface area contributed by atoms with E-state index < -0.39 is 17.1 Å². The monoisotopic (exact) mass is 361 g/mol. The Labute approximate surface area is 152 Å². The normalized spacial score (nSPS) is 25.7. The number of pyridine rings is 1. The summed E-state index contributed by atoms with van der Waals surface area (Å²) in [6.07, 6.45) is 4.36. The molecule has 1 aromatic heterocycles. The molecule has 1 heterocycles. The fourth-order valence-electron chi connectivity index (χ4n) is 4.04. The average Bonchev–Trinajstić information content (AvgIpc) is 2.62. The van der Waals surface area contributed by atoms with E-state index >= 15 is 4.39 Å². The lowest BCUT2D eigenvalue weighted by molar-refractivity contribution is -0.167. The van der Waals surface area contributed by atoms with Crippen molar-refractivity contribution in [1.29, 1.82) is 0 Å². The van der Waals surface area contributed by atoms with Crippen LogP contribution in [0.5, 0.6) is 0 Å². The van der Waals surface area contributed by atoms with Crippen molar-refractivity contribution >= 4 is 16.9 Å². The predicted molar refractivity (Wildman–Crippen MR) is 97.2 cm³/mol. The largest absolute Gasteiger partial charge is 0.464 e. The molecule has 1 fully saturated rings. The Kier molecular flexibility index (Phi) is 5.00. The van der Waals surface area contributed by atoms with Crippen molar-refractivity contribution in [3.63, 3.8) is 0 Å². The van der Waals surface area contributed by atoms with Gasteiger partial charge >= 0.3 is 5.97 Å². The summed E-state index contributed by atoms with van der Waals surface area (Å²) in [7, 11) is 0. The summed E-state index contributed by atoms with van der Waals surface area (Å²) in [5.41, 5.74) is -0.961. The van der Waals surface area contributed by atoms with Crippen molar-refractivity contribution in [2.45, 2.75) is 58.0 Å². The first-order chi connectivity index (χ1) is 12.3. The molecule has 26 heavy (non-hydrogen) atoms. The van der Waals surface area contributed by atoms with Gasteiger partial charge in [0.15, 0.2) is 0 Å². The number of alkyl halides is 1. The molecule has 0 bridgehead atoms. The standard InChI is InChI=1S/C21H25F2NO2/c1-4-26-19(25)21(3,23)20(2)10-7-14(8-11-20)16-9-12-24-18-6-5-15(22)13-17(16)18/h5-6,9,12-14H,4,7-8,10-11H2,1-3H3/t14-,20+,21-/m0/s1. The summed E-state index contributed by atoms with van der Waals surface area (Å²) in [5.74, 6) is -0.864. The minimum Gasteiger partial charge on any atom is -0.464 e. The molecule has 0 saturated heterocycles. The zero-order chi connectivity index (χ0) is 18.9. The maximum atomic E-state index is 15.2. The number of carbonyl (C=O) groups excluding carboxylic acids is 1. The summed E-state index contributed by atoms with van der Waals surface area (Å²) < 4.78 is 33.9. The third-order valence-electron chi connectivity index (χ3n) is 6.06. The van der Waals surface area contributed by atoms with Gasteiger partial charge in [0.1, 0.15) is 5.82 Å². The van der Waals surface area contributed by atoms with Crippen LogP contribution < -0.4 is 0 Å². The van der Waals surface area contributed by atoms with Crippen LogP contribution in [0.2, 0.25) is 0 Å². The van der Waals surface area contributed by atoms with Gasteiger partial charge in [0.25, 0.3) is 0 Å². The van der Waals surface area contributed by atoms with E-state index in [2.05, 4.69) is 4.98 Å². The van der Waals surface area contributed by atoms with Gasteiger partial charge in [-0.3, -0.25) is 4.98 Å². The Morgan fingerprint density at radius 1 is 1.35 bits per heavy atom. The van der Waals surface area contributed by atoms with Crippen LogP contribution in [0.1, 0.15) is 57.9 Å². The Morgan fingerprint density at radius 2 is 2.04 bits per heavy atom. The van der Waals surface area contributed by atoms with E-state index in [9.17, 15) is 9.18 Å².